The van der Waals surface area contributed by atoms with Crippen molar-refractivity contribution in [1.82, 2.24) is 19.7 Å². The molecule has 1 aliphatic rings. The number of fused-ring (bicyclic) bond motifs is 1. The summed E-state index contributed by atoms with van der Waals surface area (Å²) in [7, 11) is 2.01. The topological polar surface area (TPSA) is 56.1 Å². The van der Waals surface area contributed by atoms with Crippen molar-refractivity contribution in [3.8, 4) is 5.75 Å². The largest absolute Gasteiger partial charge is 0.491 e. The standard InChI is InChI=1S/C19H23N5O/c1-3-12-25-17-8-4-6-14-15(9-10-20-18(14)17)24-11-5-7-16(24)19-22-21-13-23(19)2/h4,6,8-10,13,16H,3,5,7,11-12H2,1-2H3/t16-/m0/s1. The maximum atomic E-state index is 5.90. The van der Waals surface area contributed by atoms with Crippen LogP contribution < -0.4 is 9.64 Å². The number of nitrogens with zero attached hydrogens (tertiary/aromatic N) is 5. The monoisotopic (exact) mass is 337 g/mol. The maximum absolute atomic E-state index is 5.90. The molecule has 1 aliphatic heterocycles. The second-order valence-corrected chi connectivity index (χ2v) is 6.48. The number of hydrogen-bond donors (Lipinski definition) is 0. The van der Waals surface area contributed by atoms with Crippen LogP contribution in [0.5, 0.6) is 5.75 Å². The fraction of sp³-hybridized carbons (Fsp3) is 0.421. The number of aromatic nitrogens is 4. The summed E-state index contributed by atoms with van der Waals surface area (Å²) >= 11 is 0. The number of ether oxygens (including phenoxy) is 1. The Bertz CT molecular complexity index is 875. The first-order chi connectivity index (χ1) is 12.3. The van der Waals surface area contributed by atoms with Crippen LogP contribution in [0.15, 0.2) is 36.8 Å². The SMILES string of the molecule is CCCOc1cccc2c(N3CCC[C@H]3c3nncn3C)ccnc12. The molecule has 0 spiro atoms. The highest BCUT2D eigenvalue weighted by atomic mass is 16.5. The Hall–Kier alpha value is -2.63. The molecule has 6 heteroatoms. The van der Waals surface area contributed by atoms with Gasteiger partial charge in [0.25, 0.3) is 0 Å². The number of rotatable bonds is 5. The van der Waals surface area contributed by atoms with E-state index in [0.717, 1.165) is 48.3 Å². The second kappa shape index (κ2) is 6.70. The third-order valence-electron chi connectivity index (χ3n) is 4.78. The van der Waals surface area contributed by atoms with Crippen molar-refractivity contribution in [1.29, 1.82) is 0 Å². The van der Waals surface area contributed by atoms with Crippen LogP contribution in [0.3, 0.4) is 0 Å². The summed E-state index contributed by atoms with van der Waals surface area (Å²) in [5.74, 6) is 1.87. The minimum Gasteiger partial charge on any atom is -0.491 e. The highest BCUT2D eigenvalue weighted by Crippen LogP contribution is 2.39. The average molecular weight is 337 g/mol. The van der Waals surface area contributed by atoms with Gasteiger partial charge in [-0.05, 0) is 31.4 Å². The Morgan fingerprint density at radius 2 is 2.20 bits per heavy atom. The lowest BCUT2D eigenvalue weighted by molar-refractivity contribution is 0.320. The third-order valence-corrected chi connectivity index (χ3v) is 4.78. The molecule has 0 N–H and O–H groups in total. The van der Waals surface area contributed by atoms with Crippen LogP contribution in [0.4, 0.5) is 5.69 Å². The van der Waals surface area contributed by atoms with Crippen LogP contribution in [-0.2, 0) is 7.05 Å². The molecule has 130 valence electrons. The zero-order valence-electron chi connectivity index (χ0n) is 14.7. The smallest absolute Gasteiger partial charge is 0.155 e. The van der Waals surface area contributed by atoms with Crippen LogP contribution in [-0.4, -0.2) is 32.9 Å². The van der Waals surface area contributed by atoms with Crippen molar-refractivity contribution in [2.75, 3.05) is 18.1 Å². The quantitative estimate of drug-likeness (QED) is 0.713. The summed E-state index contributed by atoms with van der Waals surface area (Å²) in [6.07, 6.45) is 6.86. The number of anilines is 1. The molecular formula is C19H23N5O. The summed E-state index contributed by atoms with van der Waals surface area (Å²) < 4.78 is 7.91. The van der Waals surface area contributed by atoms with E-state index in [-0.39, 0.29) is 6.04 Å². The molecule has 0 amide bonds. The van der Waals surface area contributed by atoms with E-state index >= 15 is 0 Å². The predicted octanol–water partition coefficient (Wildman–Crippen LogP) is 3.49. The zero-order valence-corrected chi connectivity index (χ0v) is 14.7. The van der Waals surface area contributed by atoms with Gasteiger partial charge in [-0.25, -0.2) is 0 Å². The van der Waals surface area contributed by atoms with Crippen LogP contribution in [0.25, 0.3) is 10.9 Å². The van der Waals surface area contributed by atoms with E-state index in [4.69, 9.17) is 4.74 Å². The Morgan fingerprint density at radius 1 is 1.28 bits per heavy atom. The fourth-order valence-corrected chi connectivity index (χ4v) is 3.63. The van der Waals surface area contributed by atoms with Gasteiger partial charge in [-0.15, -0.1) is 10.2 Å². The molecule has 3 heterocycles. The van der Waals surface area contributed by atoms with Crippen molar-refractivity contribution in [2.24, 2.45) is 7.05 Å². The first kappa shape index (κ1) is 15.9. The van der Waals surface area contributed by atoms with Crippen LogP contribution >= 0.6 is 0 Å². The molecule has 1 fully saturated rings. The van der Waals surface area contributed by atoms with Gasteiger partial charge in [0.2, 0.25) is 0 Å². The number of benzene rings is 1. The average Bonchev–Trinajstić information content (AvgIpc) is 3.27. The molecule has 1 atom stereocenters. The summed E-state index contributed by atoms with van der Waals surface area (Å²) in [6, 6.07) is 8.52. The number of para-hydroxylation sites is 1. The molecule has 6 nitrogen and oxygen atoms in total. The first-order valence-corrected chi connectivity index (χ1v) is 8.90. The molecule has 0 bridgehead atoms. The minimum atomic E-state index is 0.248. The van der Waals surface area contributed by atoms with Crippen molar-refractivity contribution in [2.45, 2.75) is 32.2 Å². The van der Waals surface area contributed by atoms with E-state index in [0.29, 0.717) is 6.61 Å². The molecule has 0 radical (unpaired) electrons. The Kier molecular flexibility index (Phi) is 4.26. The van der Waals surface area contributed by atoms with Crippen LogP contribution in [0.1, 0.15) is 38.1 Å². The lowest BCUT2D eigenvalue weighted by Gasteiger charge is -2.27. The normalized spacial score (nSPS) is 17.4. The Balaban J connectivity index is 1.77. The molecule has 25 heavy (non-hydrogen) atoms. The first-order valence-electron chi connectivity index (χ1n) is 8.90. The molecule has 0 aliphatic carbocycles. The Labute approximate surface area is 147 Å². The van der Waals surface area contributed by atoms with Gasteiger partial charge in [-0.2, -0.15) is 0 Å². The van der Waals surface area contributed by atoms with Crippen LogP contribution in [0, 0.1) is 0 Å². The predicted molar refractivity (Wildman–Crippen MR) is 97.9 cm³/mol. The van der Waals surface area contributed by atoms with Crippen molar-refractivity contribution < 1.29 is 4.74 Å². The molecule has 2 aromatic heterocycles. The van der Waals surface area contributed by atoms with E-state index in [1.165, 1.54) is 5.69 Å². The molecule has 4 rings (SSSR count). The maximum Gasteiger partial charge on any atom is 0.155 e. The van der Waals surface area contributed by atoms with E-state index in [1.807, 2.05) is 29.9 Å². The lowest BCUT2D eigenvalue weighted by atomic mass is 10.1. The summed E-state index contributed by atoms with van der Waals surface area (Å²) in [6.45, 7) is 3.83. The molecular weight excluding hydrogens is 314 g/mol. The molecule has 0 saturated carbocycles. The van der Waals surface area contributed by atoms with Gasteiger partial charge in [0.05, 0.1) is 12.6 Å². The van der Waals surface area contributed by atoms with Crippen molar-refractivity contribution in [3.63, 3.8) is 0 Å². The summed E-state index contributed by atoms with van der Waals surface area (Å²) in [4.78, 5) is 7.01. The fourth-order valence-electron chi connectivity index (χ4n) is 3.63. The van der Waals surface area contributed by atoms with E-state index in [1.54, 1.807) is 6.33 Å². The van der Waals surface area contributed by atoms with Crippen molar-refractivity contribution in [3.05, 3.63) is 42.6 Å². The van der Waals surface area contributed by atoms with Gasteiger partial charge < -0.3 is 14.2 Å². The van der Waals surface area contributed by atoms with E-state index in [2.05, 4.69) is 39.1 Å². The zero-order chi connectivity index (χ0) is 17.2. The van der Waals surface area contributed by atoms with Gasteiger partial charge in [0.1, 0.15) is 17.6 Å². The third kappa shape index (κ3) is 2.81. The molecule has 3 aromatic rings. The highest BCUT2D eigenvalue weighted by Gasteiger charge is 2.30. The van der Waals surface area contributed by atoms with Gasteiger partial charge in [0.15, 0.2) is 5.82 Å². The van der Waals surface area contributed by atoms with E-state index < -0.39 is 0 Å². The Morgan fingerprint density at radius 3 is 3.00 bits per heavy atom. The second-order valence-electron chi connectivity index (χ2n) is 6.48. The number of hydrogen-bond acceptors (Lipinski definition) is 5. The van der Waals surface area contributed by atoms with Gasteiger partial charge in [-0.1, -0.05) is 19.1 Å². The van der Waals surface area contributed by atoms with Crippen LogP contribution in [0.2, 0.25) is 0 Å². The summed E-state index contributed by atoms with van der Waals surface area (Å²) in [5, 5.41) is 9.53. The van der Waals surface area contributed by atoms with Gasteiger partial charge >= 0.3 is 0 Å². The molecule has 1 aromatic carbocycles. The van der Waals surface area contributed by atoms with E-state index in [9.17, 15) is 0 Å². The van der Waals surface area contributed by atoms with Gasteiger partial charge in [0, 0.05) is 30.9 Å². The highest BCUT2D eigenvalue weighted by molar-refractivity contribution is 5.95. The summed E-state index contributed by atoms with van der Waals surface area (Å²) in [5.41, 5.74) is 2.12. The minimum absolute atomic E-state index is 0.248. The number of aryl methyl sites for hydroxylation is 1. The number of pyridine rings is 1. The molecule has 1 saturated heterocycles. The lowest BCUT2D eigenvalue weighted by Crippen LogP contribution is -2.25. The van der Waals surface area contributed by atoms with Gasteiger partial charge in [-0.3, -0.25) is 4.98 Å². The molecule has 0 unspecified atom stereocenters. The van der Waals surface area contributed by atoms with Crippen molar-refractivity contribution >= 4 is 16.6 Å².